The Kier molecular flexibility index (Phi) is 1.56. The van der Waals surface area contributed by atoms with Crippen LogP contribution in [0.4, 0.5) is 0 Å². The van der Waals surface area contributed by atoms with Gasteiger partial charge in [0, 0.05) is 19.2 Å². The van der Waals surface area contributed by atoms with E-state index in [4.69, 9.17) is 0 Å². The van der Waals surface area contributed by atoms with Gasteiger partial charge in [-0.25, -0.2) is 0 Å². The van der Waals surface area contributed by atoms with Gasteiger partial charge in [-0.05, 0) is 13.3 Å². The summed E-state index contributed by atoms with van der Waals surface area (Å²) < 4.78 is 0. The first-order valence-corrected chi connectivity index (χ1v) is 3.16. The largest absolute Gasteiger partial charge is 0.342 e. The molecule has 0 aromatic carbocycles. The second-order valence-corrected chi connectivity index (χ2v) is 2.29. The molecule has 0 spiro atoms. The number of nitrogens with zero attached hydrogens (tertiary/aromatic N) is 1. The highest BCUT2D eigenvalue weighted by Gasteiger charge is 2.20. The number of carbonyl (C=O) groups excluding carboxylic acids is 1. The van der Waals surface area contributed by atoms with E-state index >= 15 is 0 Å². The van der Waals surface area contributed by atoms with Gasteiger partial charge < -0.3 is 4.90 Å². The van der Waals surface area contributed by atoms with Gasteiger partial charge in [0.25, 0.3) is 0 Å². The maximum atomic E-state index is 11.0. The number of hydrogen-bond donors (Lipinski definition) is 0. The van der Waals surface area contributed by atoms with Gasteiger partial charge in [0.1, 0.15) is 0 Å². The Morgan fingerprint density at radius 2 is 2.33 bits per heavy atom. The van der Waals surface area contributed by atoms with E-state index in [0.717, 1.165) is 18.5 Å². The third-order valence-electron chi connectivity index (χ3n) is 1.69. The molecule has 1 fully saturated rings. The topological polar surface area (TPSA) is 20.3 Å². The Morgan fingerprint density at radius 1 is 1.67 bits per heavy atom. The maximum absolute atomic E-state index is 11.0. The fourth-order valence-electron chi connectivity index (χ4n) is 1.01. The van der Waals surface area contributed by atoms with Crippen LogP contribution in [0.3, 0.4) is 0 Å². The summed E-state index contributed by atoms with van der Waals surface area (Å²) in [5.74, 6) is 0.192. The predicted octanol–water partition coefficient (Wildman–Crippen LogP) is 0.795. The molecule has 1 amide bonds. The van der Waals surface area contributed by atoms with Crippen molar-refractivity contribution >= 4 is 5.91 Å². The summed E-state index contributed by atoms with van der Waals surface area (Å²) in [6.07, 6.45) is 2.82. The van der Waals surface area contributed by atoms with Crippen LogP contribution in [0.5, 0.6) is 0 Å². The Balaban J connectivity index is 2.74. The first-order chi connectivity index (χ1) is 4.25. The van der Waals surface area contributed by atoms with E-state index in [1.165, 1.54) is 0 Å². The molecule has 1 heterocycles. The molecule has 9 heavy (non-hydrogen) atoms. The first-order valence-electron chi connectivity index (χ1n) is 3.16. The number of likely N-dealkylation sites (N-methyl/N-ethyl adjacent to an activating group) is 1. The highest BCUT2D eigenvalue weighted by molar-refractivity contribution is 5.95. The normalized spacial score (nSPS) is 24.0. The number of carbonyl (C=O) groups is 1. The average molecular weight is 125 g/mol. The van der Waals surface area contributed by atoms with Crippen molar-refractivity contribution in [1.29, 1.82) is 0 Å². The van der Waals surface area contributed by atoms with E-state index in [9.17, 15) is 4.79 Å². The highest BCUT2D eigenvalue weighted by Crippen LogP contribution is 2.13. The molecule has 0 N–H and O–H groups in total. The van der Waals surface area contributed by atoms with Gasteiger partial charge in [0.05, 0.1) is 0 Å². The lowest BCUT2D eigenvalue weighted by atomic mass is 10.2. The summed E-state index contributed by atoms with van der Waals surface area (Å²) in [5.41, 5.74) is 0.956. The molecule has 0 radical (unpaired) electrons. The molecule has 0 aromatic rings. The van der Waals surface area contributed by atoms with Gasteiger partial charge in [-0.3, -0.25) is 4.79 Å². The van der Waals surface area contributed by atoms with Crippen molar-refractivity contribution in [2.24, 2.45) is 0 Å². The molecular formula is C7H11NO. The second kappa shape index (κ2) is 2.21. The predicted molar refractivity (Wildman–Crippen MR) is 36.0 cm³/mol. The summed E-state index contributed by atoms with van der Waals surface area (Å²) in [6, 6.07) is 0. The summed E-state index contributed by atoms with van der Waals surface area (Å²) >= 11 is 0. The average Bonchev–Trinajstić information content (AvgIpc) is 2.15. The highest BCUT2D eigenvalue weighted by atomic mass is 16.2. The molecule has 0 unspecified atom stereocenters. The molecule has 1 rings (SSSR count). The Labute approximate surface area is 55.2 Å². The molecule has 0 saturated carbocycles. The Morgan fingerprint density at radius 3 is 2.56 bits per heavy atom. The molecule has 1 aliphatic rings. The number of hydrogen-bond acceptors (Lipinski definition) is 1. The van der Waals surface area contributed by atoms with Gasteiger partial charge in [-0.1, -0.05) is 6.08 Å². The fourth-order valence-corrected chi connectivity index (χ4v) is 1.01. The van der Waals surface area contributed by atoms with Crippen LogP contribution in [0.1, 0.15) is 13.3 Å². The lowest BCUT2D eigenvalue weighted by molar-refractivity contribution is -0.123. The first kappa shape index (κ1) is 6.33. The van der Waals surface area contributed by atoms with Crippen molar-refractivity contribution in [3.8, 4) is 0 Å². The van der Waals surface area contributed by atoms with Crippen LogP contribution in [0, 0.1) is 0 Å². The maximum Gasteiger partial charge on any atom is 0.249 e. The van der Waals surface area contributed by atoms with Crippen molar-refractivity contribution in [2.75, 3.05) is 13.6 Å². The summed E-state index contributed by atoms with van der Waals surface area (Å²) in [4.78, 5) is 12.7. The minimum atomic E-state index is 0.192. The smallest absolute Gasteiger partial charge is 0.249 e. The van der Waals surface area contributed by atoms with Crippen molar-refractivity contribution in [3.63, 3.8) is 0 Å². The van der Waals surface area contributed by atoms with Gasteiger partial charge in [-0.15, -0.1) is 0 Å². The Bertz CT molecular complexity index is 160. The Hall–Kier alpha value is -0.790. The van der Waals surface area contributed by atoms with Gasteiger partial charge in [-0.2, -0.15) is 0 Å². The number of amides is 1. The fraction of sp³-hybridized carbons (Fsp3) is 0.571. The standard InChI is InChI=1S/C7H11NO/c1-3-6-4-5-8(2)7(6)9/h3H,4-5H2,1-2H3/b6-3+. The lowest BCUT2D eigenvalue weighted by Crippen LogP contribution is -2.18. The molecule has 0 bridgehead atoms. The van der Waals surface area contributed by atoms with Crippen LogP contribution in [0.25, 0.3) is 0 Å². The van der Waals surface area contributed by atoms with E-state index in [2.05, 4.69) is 0 Å². The van der Waals surface area contributed by atoms with Crippen LogP contribution < -0.4 is 0 Å². The van der Waals surface area contributed by atoms with Crippen molar-refractivity contribution in [2.45, 2.75) is 13.3 Å². The van der Waals surface area contributed by atoms with Gasteiger partial charge in [0.2, 0.25) is 5.91 Å². The summed E-state index contributed by atoms with van der Waals surface area (Å²) in [5, 5.41) is 0. The molecule has 0 aromatic heterocycles. The van der Waals surface area contributed by atoms with Crippen LogP contribution in [-0.2, 0) is 4.79 Å². The SMILES string of the molecule is C/C=C1\CCN(C)C1=O. The lowest BCUT2D eigenvalue weighted by Gasteiger charge is -2.03. The molecule has 2 heteroatoms. The van der Waals surface area contributed by atoms with Crippen LogP contribution in [0.2, 0.25) is 0 Å². The monoisotopic (exact) mass is 125 g/mol. The van der Waals surface area contributed by atoms with Crippen LogP contribution in [-0.4, -0.2) is 24.4 Å². The molecule has 2 nitrogen and oxygen atoms in total. The zero-order valence-corrected chi connectivity index (χ0v) is 5.85. The minimum absolute atomic E-state index is 0.192. The molecule has 1 saturated heterocycles. The number of allylic oxidation sites excluding steroid dienone is 1. The van der Waals surface area contributed by atoms with Gasteiger partial charge in [0.15, 0.2) is 0 Å². The zero-order valence-electron chi connectivity index (χ0n) is 5.85. The van der Waals surface area contributed by atoms with Crippen LogP contribution in [0.15, 0.2) is 11.6 Å². The van der Waals surface area contributed by atoms with Crippen molar-refractivity contribution < 1.29 is 4.79 Å². The van der Waals surface area contributed by atoms with Crippen molar-refractivity contribution in [1.82, 2.24) is 4.90 Å². The number of rotatable bonds is 0. The van der Waals surface area contributed by atoms with E-state index < -0.39 is 0 Å². The van der Waals surface area contributed by atoms with E-state index in [1.54, 1.807) is 4.90 Å². The molecule has 50 valence electrons. The third kappa shape index (κ3) is 0.969. The molecule has 1 aliphatic heterocycles. The molecule has 0 atom stereocenters. The summed E-state index contributed by atoms with van der Waals surface area (Å²) in [7, 11) is 1.83. The van der Waals surface area contributed by atoms with E-state index in [-0.39, 0.29) is 5.91 Å². The molecular weight excluding hydrogens is 114 g/mol. The van der Waals surface area contributed by atoms with Crippen molar-refractivity contribution in [3.05, 3.63) is 11.6 Å². The van der Waals surface area contributed by atoms with Gasteiger partial charge >= 0.3 is 0 Å². The van der Waals surface area contributed by atoms with Crippen LogP contribution >= 0.6 is 0 Å². The van der Waals surface area contributed by atoms with E-state index in [0.29, 0.717) is 0 Å². The second-order valence-electron chi connectivity index (χ2n) is 2.29. The van der Waals surface area contributed by atoms with E-state index in [1.807, 2.05) is 20.0 Å². The quantitative estimate of drug-likeness (QED) is 0.438. The minimum Gasteiger partial charge on any atom is -0.342 e. The third-order valence-corrected chi connectivity index (χ3v) is 1.69. The number of likely N-dealkylation sites (tertiary alicyclic amines) is 1. The zero-order chi connectivity index (χ0) is 6.85. The molecule has 0 aliphatic carbocycles. The summed E-state index contributed by atoms with van der Waals surface area (Å²) in [6.45, 7) is 2.80.